The zero-order chi connectivity index (χ0) is 45.7. The molecule has 2 aromatic heterocycles. The Kier molecular flexibility index (Phi) is 9.84. The summed E-state index contributed by atoms with van der Waals surface area (Å²) in [6.07, 6.45) is 0. The second kappa shape index (κ2) is 16.9. The predicted octanol–water partition coefficient (Wildman–Crippen LogP) is 18.0. The maximum absolute atomic E-state index is 2.45. The van der Waals surface area contributed by atoms with Gasteiger partial charge in [-0.05, 0) is 100 Å². The fourth-order valence-corrected chi connectivity index (χ4v) is 10.7. The molecule has 13 rings (SSSR count). The second-order valence-electron chi connectivity index (χ2n) is 17.6. The molecule has 3 nitrogen and oxygen atoms in total. The van der Waals surface area contributed by atoms with Gasteiger partial charge in [0.15, 0.2) is 0 Å². The van der Waals surface area contributed by atoms with Gasteiger partial charge in [0.25, 0.3) is 0 Å². The Labute approximate surface area is 401 Å². The molecule has 2 heterocycles. The van der Waals surface area contributed by atoms with Crippen molar-refractivity contribution in [3.63, 3.8) is 0 Å². The first-order chi connectivity index (χ1) is 34.3. The highest BCUT2D eigenvalue weighted by Gasteiger charge is 2.23. The van der Waals surface area contributed by atoms with Gasteiger partial charge >= 0.3 is 0 Å². The third-order valence-corrected chi connectivity index (χ3v) is 13.7. The van der Waals surface area contributed by atoms with E-state index < -0.39 is 0 Å². The molecule has 0 atom stereocenters. The minimum Gasteiger partial charge on any atom is -0.310 e. The zero-order valence-corrected chi connectivity index (χ0v) is 37.8. The van der Waals surface area contributed by atoms with E-state index in [0.717, 1.165) is 50.6 Å². The van der Waals surface area contributed by atoms with Crippen LogP contribution in [0.3, 0.4) is 0 Å². The first-order valence-electron chi connectivity index (χ1n) is 23.7. The van der Waals surface area contributed by atoms with Gasteiger partial charge in [-0.1, -0.05) is 206 Å². The summed E-state index contributed by atoms with van der Waals surface area (Å²) in [6.45, 7) is 0. The molecule has 0 fully saturated rings. The maximum Gasteiger partial charge on any atom is 0.0619 e. The fourth-order valence-electron chi connectivity index (χ4n) is 10.7. The lowest BCUT2D eigenvalue weighted by Gasteiger charge is -2.29. The van der Waals surface area contributed by atoms with E-state index in [1.165, 1.54) is 65.9 Å². The largest absolute Gasteiger partial charge is 0.310 e. The Morgan fingerprint density at radius 2 is 0.681 bits per heavy atom. The summed E-state index contributed by atoms with van der Waals surface area (Å²) >= 11 is 0. The van der Waals surface area contributed by atoms with Crippen molar-refractivity contribution in [2.24, 2.45) is 0 Å². The van der Waals surface area contributed by atoms with Crippen molar-refractivity contribution in [3.05, 3.63) is 273 Å². The molecule has 0 radical (unpaired) electrons. The highest BCUT2D eigenvalue weighted by molar-refractivity contribution is 6.14. The van der Waals surface area contributed by atoms with Crippen LogP contribution in [0.15, 0.2) is 273 Å². The molecule has 324 valence electrons. The number of hydrogen-bond acceptors (Lipinski definition) is 1. The summed E-state index contributed by atoms with van der Waals surface area (Å²) in [5.41, 5.74) is 19.6. The predicted molar refractivity (Wildman–Crippen MR) is 292 cm³/mol. The zero-order valence-electron chi connectivity index (χ0n) is 37.8. The van der Waals surface area contributed by atoms with E-state index in [9.17, 15) is 0 Å². The van der Waals surface area contributed by atoms with E-state index in [1.54, 1.807) is 0 Å². The number of para-hydroxylation sites is 6. The Morgan fingerprint density at radius 3 is 1.36 bits per heavy atom. The van der Waals surface area contributed by atoms with Crippen molar-refractivity contribution >= 4 is 60.7 Å². The fraction of sp³-hybridized carbons (Fsp3) is 0. The average Bonchev–Trinajstić information content (AvgIpc) is 3.95. The van der Waals surface area contributed by atoms with Gasteiger partial charge in [-0.3, -0.25) is 0 Å². The van der Waals surface area contributed by atoms with Gasteiger partial charge in [-0.25, -0.2) is 0 Å². The maximum atomic E-state index is 2.45. The number of nitrogens with zero attached hydrogens (tertiary/aromatic N) is 3. The third kappa shape index (κ3) is 6.82. The molecule has 0 spiro atoms. The van der Waals surface area contributed by atoms with Crippen LogP contribution in [0.1, 0.15) is 0 Å². The summed E-state index contributed by atoms with van der Waals surface area (Å²) in [5, 5.41) is 4.92. The van der Waals surface area contributed by atoms with Crippen molar-refractivity contribution in [2.75, 3.05) is 4.90 Å². The highest BCUT2D eigenvalue weighted by atomic mass is 15.1. The molecule has 0 aliphatic carbocycles. The molecule has 0 amide bonds. The minimum atomic E-state index is 1.06. The van der Waals surface area contributed by atoms with Crippen LogP contribution in [0.4, 0.5) is 17.1 Å². The molecular formula is C66H45N3. The molecule has 69 heavy (non-hydrogen) atoms. The first-order valence-corrected chi connectivity index (χ1v) is 23.7. The van der Waals surface area contributed by atoms with Crippen LogP contribution in [0.5, 0.6) is 0 Å². The van der Waals surface area contributed by atoms with Crippen LogP contribution in [0.2, 0.25) is 0 Å². The average molecular weight is 880 g/mol. The summed E-state index contributed by atoms with van der Waals surface area (Å²) < 4.78 is 4.83. The Bertz CT molecular complexity index is 4000. The molecule has 0 saturated heterocycles. The van der Waals surface area contributed by atoms with Gasteiger partial charge in [-0.15, -0.1) is 0 Å². The standard InChI is InChI=1S/C66H45N3/c1-4-21-46(22-5-1)52-27-10-11-28-54(52)55-29-12-13-30-56(55)57-31-14-17-36-62(57)67(51-43-44-60-58-32-15-18-37-63(58)68(65(60)45-51)48-23-6-2-7-24-48)50-41-39-47(40-42-50)53-34-20-35-61-59-33-16-19-38-64(59)69(66(53)61)49-25-8-3-9-26-49/h1-45H. The SMILES string of the molecule is c1ccc(-c2ccccc2-c2ccccc2-c2ccccc2N(c2ccc(-c3cccc4c5ccccc5n(-c5ccccc5)c34)cc2)c2ccc3c4ccccc4n(-c4ccccc4)c3c2)cc1. The molecule has 3 heteroatoms. The Hall–Kier alpha value is -9.18. The molecule has 0 bridgehead atoms. The molecule has 0 saturated carbocycles. The van der Waals surface area contributed by atoms with Gasteiger partial charge in [0.05, 0.1) is 27.8 Å². The van der Waals surface area contributed by atoms with Crippen LogP contribution < -0.4 is 4.90 Å². The minimum absolute atomic E-state index is 1.06. The smallest absolute Gasteiger partial charge is 0.0619 e. The number of hydrogen-bond donors (Lipinski definition) is 0. The normalized spacial score (nSPS) is 11.5. The molecule has 0 N–H and O–H groups in total. The van der Waals surface area contributed by atoms with Gasteiger partial charge in [0.1, 0.15) is 0 Å². The molecule has 13 aromatic rings. The van der Waals surface area contributed by atoms with Crippen LogP contribution >= 0.6 is 0 Å². The van der Waals surface area contributed by atoms with Crippen LogP contribution in [-0.4, -0.2) is 9.13 Å². The lowest BCUT2D eigenvalue weighted by molar-refractivity contribution is 1.18. The first kappa shape index (κ1) is 40.1. The topological polar surface area (TPSA) is 13.1 Å². The van der Waals surface area contributed by atoms with Gasteiger partial charge < -0.3 is 14.0 Å². The van der Waals surface area contributed by atoms with E-state index in [0.29, 0.717) is 0 Å². The third-order valence-electron chi connectivity index (χ3n) is 13.7. The number of rotatable bonds is 9. The van der Waals surface area contributed by atoms with E-state index in [1.807, 2.05) is 0 Å². The lowest BCUT2D eigenvalue weighted by atomic mass is 9.88. The monoisotopic (exact) mass is 879 g/mol. The Balaban J connectivity index is 1.03. The summed E-state index contributed by atoms with van der Waals surface area (Å²) in [7, 11) is 0. The summed E-state index contributed by atoms with van der Waals surface area (Å²) in [6, 6.07) is 99.2. The van der Waals surface area contributed by atoms with Gasteiger partial charge in [-0.2, -0.15) is 0 Å². The quantitative estimate of drug-likeness (QED) is 0.141. The second-order valence-corrected chi connectivity index (χ2v) is 17.6. The molecule has 0 aliphatic heterocycles. The van der Waals surface area contributed by atoms with E-state index in [2.05, 4.69) is 287 Å². The van der Waals surface area contributed by atoms with Gasteiger partial charge in [0, 0.05) is 55.4 Å². The Morgan fingerprint density at radius 1 is 0.246 bits per heavy atom. The number of anilines is 3. The van der Waals surface area contributed by atoms with Gasteiger partial charge in [0.2, 0.25) is 0 Å². The van der Waals surface area contributed by atoms with Crippen molar-refractivity contribution in [1.29, 1.82) is 0 Å². The molecule has 0 unspecified atom stereocenters. The number of fused-ring (bicyclic) bond motifs is 6. The molecule has 0 aliphatic rings. The number of benzene rings is 11. The van der Waals surface area contributed by atoms with Crippen LogP contribution in [0.25, 0.3) is 99.5 Å². The lowest BCUT2D eigenvalue weighted by Crippen LogP contribution is -2.11. The molecule has 11 aromatic carbocycles. The van der Waals surface area contributed by atoms with E-state index >= 15 is 0 Å². The number of aromatic nitrogens is 2. The van der Waals surface area contributed by atoms with Crippen molar-refractivity contribution in [3.8, 4) is 55.9 Å². The summed E-state index contributed by atoms with van der Waals surface area (Å²) in [4.78, 5) is 2.45. The van der Waals surface area contributed by atoms with Crippen molar-refractivity contribution < 1.29 is 0 Å². The summed E-state index contributed by atoms with van der Waals surface area (Å²) in [5.74, 6) is 0. The molecular weight excluding hydrogens is 835 g/mol. The van der Waals surface area contributed by atoms with Crippen molar-refractivity contribution in [1.82, 2.24) is 9.13 Å². The van der Waals surface area contributed by atoms with Crippen LogP contribution in [-0.2, 0) is 0 Å². The highest BCUT2D eigenvalue weighted by Crippen LogP contribution is 2.47. The van der Waals surface area contributed by atoms with Crippen molar-refractivity contribution in [2.45, 2.75) is 0 Å². The van der Waals surface area contributed by atoms with Crippen LogP contribution in [0, 0.1) is 0 Å². The van der Waals surface area contributed by atoms with E-state index in [4.69, 9.17) is 0 Å². The van der Waals surface area contributed by atoms with E-state index in [-0.39, 0.29) is 0 Å².